The highest BCUT2D eigenvalue weighted by molar-refractivity contribution is 5.85. The van der Waals surface area contributed by atoms with E-state index in [1.807, 2.05) is 43.3 Å². The van der Waals surface area contributed by atoms with Crippen LogP contribution in [-0.4, -0.2) is 34.0 Å². The Morgan fingerprint density at radius 2 is 2.04 bits per heavy atom. The van der Waals surface area contributed by atoms with E-state index in [2.05, 4.69) is 17.6 Å². The Hall–Kier alpha value is -2.08. The smallest absolute Gasteiger partial charge is 0.139 e. The molecule has 150 valence electrons. The van der Waals surface area contributed by atoms with Crippen LogP contribution in [-0.2, 0) is 11.3 Å². The van der Waals surface area contributed by atoms with Crippen molar-refractivity contribution in [2.24, 2.45) is 0 Å². The van der Waals surface area contributed by atoms with Crippen molar-refractivity contribution in [3.63, 3.8) is 0 Å². The van der Waals surface area contributed by atoms with Crippen LogP contribution in [0.5, 0.6) is 5.75 Å². The van der Waals surface area contributed by atoms with Crippen LogP contribution < -0.4 is 4.74 Å². The highest BCUT2D eigenvalue weighted by Crippen LogP contribution is 2.31. The minimum atomic E-state index is -0.636. The fourth-order valence-electron chi connectivity index (χ4n) is 3.64. The number of rotatable bonds is 6. The molecule has 1 fully saturated rings. The van der Waals surface area contributed by atoms with Crippen LogP contribution in [0.2, 0.25) is 0 Å². The van der Waals surface area contributed by atoms with Gasteiger partial charge in [-0.2, -0.15) is 0 Å². The van der Waals surface area contributed by atoms with Gasteiger partial charge in [-0.3, -0.25) is 0 Å². The summed E-state index contributed by atoms with van der Waals surface area (Å²) in [5.41, 5.74) is 4.25. The van der Waals surface area contributed by atoms with Gasteiger partial charge >= 0.3 is 0 Å². The largest absolute Gasteiger partial charge is 0.491 e. The summed E-state index contributed by atoms with van der Waals surface area (Å²) in [6, 6.07) is 14.0. The fourth-order valence-corrected chi connectivity index (χ4v) is 3.64. The summed E-state index contributed by atoms with van der Waals surface area (Å²) < 4.78 is 13.8. The normalized spacial score (nSPS) is 17.5. The zero-order valence-electron chi connectivity index (χ0n) is 16.3. The molecule has 0 aliphatic carbocycles. The predicted octanol–water partition coefficient (Wildman–Crippen LogP) is 4.37. The van der Waals surface area contributed by atoms with Gasteiger partial charge in [-0.05, 0) is 56.0 Å². The first-order valence-electron chi connectivity index (χ1n) is 9.57. The van der Waals surface area contributed by atoms with E-state index in [-0.39, 0.29) is 25.1 Å². The fraction of sp³-hybridized carbons (Fsp3) is 0.409. The maximum absolute atomic E-state index is 10.7. The Morgan fingerprint density at radius 1 is 1.21 bits per heavy atom. The molecule has 1 saturated heterocycles. The second-order valence-electron chi connectivity index (χ2n) is 7.23. The number of benzene rings is 2. The molecule has 2 atom stereocenters. The highest BCUT2D eigenvalue weighted by Gasteiger charge is 2.25. The monoisotopic (exact) mass is 402 g/mol. The maximum Gasteiger partial charge on any atom is 0.139 e. The molecule has 0 radical (unpaired) electrons. The van der Waals surface area contributed by atoms with Gasteiger partial charge in [0.15, 0.2) is 0 Å². The molecule has 0 amide bonds. The number of ether oxygens (including phenoxy) is 2. The summed E-state index contributed by atoms with van der Waals surface area (Å²) in [6.07, 6.45) is 1.39. The average molecular weight is 403 g/mol. The molecule has 5 nitrogen and oxygen atoms in total. The second kappa shape index (κ2) is 8.95. The number of aliphatic hydroxyl groups excluding tert-OH is 1. The molecule has 2 heterocycles. The van der Waals surface area contributed by atoms with Crippen molar-refractivity contribution in [1.82, 2.24) is 9.55 Å². The van der Waals surface area contributed by atoms with Crippen LogP contribution in [0.1, 0.15) is 35.9 Å². The van der Waals surface area contributed by atoms with Crippen LogP contribution in [0.15, 0.2) is 42.5 Å². The SMILES string of the molecule is Cc1cccc(OCC(O)Cn2c(C3CCCO3)nc3ccccc32)c1C.Cl. The average Bonchev–Trinajstić information content (AvgIpc) is 3.31. The maximum atomic E-state index is 10.7. The summed E-state index contributed by atoms with van der Waals surface area (Å²) in [5.74, 6) is 1.73. The molecule has 2 aromatic carbocycles. The van der Waals surface area contributed by atoms with E-state index in [1.165, 1.54) is 5.56 Å². The number of imidazole rings is 1. The van der Waals surface area contributed by atoms with Crippen LogP contribution in [0.25, 0.3) is 11.0 Å². The van der Waals surface area contributed by atoms with E-state index >= 15 is 0 Å². The standard InChI is InChI=1S/C22H26N2O3.ClH/c1-15-7-5-10-20(16(15)2)27-14-17(25)13-24-19-9-4-3-8-18(19)23-22(24)21-11-6-12-26-21;/h3-5,7-10,17,21,25H,6,11-14H2,1-2H3;1H. The highest BCUT2D eigenvalue weighted by atomic mass is 35.5. The van der Waals surface area contributed by atoms with Crippen molar-refractivity contribution >= 4 is 23.4 Å². The number of hydrogen-bond acceptors (Lipinski definition) is 4. The van der Waals surface area contributed by atoms with Gasteiger partial charge in [0.2, 0.25) is 0 Å². The second-order valence-corrected chi connectivity index (χ2v) is 7.23. The van der Waals surface area contributed by atoms with Gasteiger partial charge in [-0.1, -0.05) is 24.3 Å². The lowest BCUT2D eigenvalue weighted by Crippen LogP contribution is -2.25. The lowest BCUT2D eigenvalue weighted by molar-refractivity contribution is 0.0804. The molecule has 28 heavy (non-hydrogen) atoms. The van der Waals surface area contributed by atoms with Gasteiger partial charge in [0.1, 0.15) is 30.4 Å². The van der Waals surface area contributed by atoms with Gasteiger partial charge in [-0.15, -0.1) is 12.4 Å². The molecule has 6 heteroatoms. The molecular weight excluding hydrogens is 376 g/mol. The van der Waals surface area contributed by atoms with E-state index in [0.29, 0.717) is 6.54 Å². The number of aromatic nitrogens is 2. The Balaban J connectivity index is 0.00000225. The van der Waals surface area contributed by atoms with Gasteiger partial charge in [0.05, 0.1) is 17.6 Å². The molecule has 2 unspecified atom stereocenters. The minimum absolute atomic E-state index is 0. The number of aryl methyl sites for hydroxylation is 1. The van der Waals surface area contributed by atoms with Crippen molar-refractivity contribution in [3.05, 3.63) is 59.4 Å². The topological polar surface area (TPSA) is 56.5 Å². The van der Waals surface area contributed by atoms with Crippen molar-refractivity contribution < 1.29 is 14.6 Å². The summed E-state index contributed by atoms with van der Waals surface area (Å²) in [7, 11) is 0. The van der Waals surface area contributed by atoms with Gasteiger partial charge in [-0.25, -0.2) is 4.98 Å². The molecule has 0 bridgehead atoms. The van der Waals surface area contributed by atoms with E-state index in [0.717, 1.165) is 47.6 Å². The van der Waals surface area contributed by atoms with E-state index in [1.54, 1.807) is 0 Å². The predicted molar refractivity (Wildman–Crippen MR) is 112 cm³/mol. The number of fused-ring (bicyclic) bond motifs is 1. The molecule has 1 aromatic heterocycles. The summed E-state index contributed by atoms with van der Waals surface area (Å²) in [6.45, 7) is 5.54. The Bertz CT molecular complexity index is 935. The molecular formula is C22H27ClN2O3. The number of nitrogens with zero attached hydrogens (tertiary/aromatic N) is 2. The number of para-hydroxylation sites is 2. The van der Waals surface area contributed by atoms with Crippen LogP contribution in [0.3, 0.4) is 0 Å². The zero-order valence-corrected chi connectivity index (χ0v) is 17.1. The van der Waals surface area contributed by atoms with E-state index < -0.39 is 6.10 Å². The lowest BCUT2D eigenvalue weighted by atomic mass is 10.1. The van der Waals surface area contributed by atoms with Crippen molar-refractivity contribution in [1.29, 1.82) is 0 Å². The van der Waals surface area contributed by atoms with Crippen LogP contribution in [0.4, 0.5) is 0 Å². The first kappa shape index (κ1) is 20.6. The Morgan fingerprint density at radius 3 is 2.82 bits per heavy atom. The first-order chi connectivity index (χ1) is 13.1. The number of halogens is 1. The van der Waals surface area contributed by atoms with Gasteiger partial charge < -0.3 is 19.1 Å². The summed E-state index contributed by atoms with van der Waals surface area (Å²) in [4.78, 5) is 4.78. The Kier molecular flexibility index (Phi) is 6.60. The lowest BCUT2D eigenvalue weighted by Gasteiger charge is -2.18. The van der Waals surface area contributed by atoms with Gasteiger partial charge in [0.25, 0.3) is 0 Å². The van der Waals surface area contributed by atoms with Crippen LogP contribution >= 0.6 is 12.4 Å². The number of hydrogen-bond donors (Lipinski definition) is 1. The minimum Gasteiger partial charge on any atom is -0.491 e. The molecule has 3 aromatic rings. The van der Waals surface area contributed by atoms with Crippen molar-refractivity contribution in [2.75, 3.05) is 13.2 Å². The first-order valence-corrected chi connectivity index (χ1v) is 9.57. The van der Waals surface area contributed by atoms with E-state index in [9.17, 15) is 5.11 Å². The molecule has 1 aliphatic rings. The third kappa shape index (κ3) is 4.17. The zero-order chi connectivity index (χ0) is 18.8. The van der Waals surface area contributed by atoms with E-state index in [4.69, 9.17) is 14.5 Å². The third-order valence-electron chi connectivity index (χ3n) is 5.28. The molecule has 0 saturated carbocycles. The van der Waals surface area contributed by atoms with Gasteiger partial charge in [0, 0.05) is 6.61 Å². The van der Waals surface area contributed by atoms with Crippen LogP contribution in [0, 0.1) is 13.8 Å². The summed E-state index contributed by atoms with van der Waals surface area (Å²) in [5, 5.41) is 10.7. The molecule has 0 spiro atoms. The van der Waals surface area contributed by atoms with Crippen molar-refractivity contribution in [3.8, 4) is 5.75 Å². The molecule has 1 aliphatic heterocycles. The number of aliphatic hydroxyl groups is 1. The summed E-state index contributed by atoms with van der Waals surface area (Å²) >= 11 is 0. The van der Waals surface area contributed by atoms with Crippen molar-refractivity contribution in [2.45, 2.75) is 45.4 Å². The Labute approximate surface area is 171 Å². The third-order valence-corrected chi connectivity index (χ3v) is 5.28. The molecule has 1 N–H and O–H groups in total. The molecule has 4 rings (SSSR count). The quantitative estimate of drug-likeness (QED) is 0.665.